The van der Waals surface area contributed by atoms with E-state index in [1.165, 1.54) is 17.3 Å². The van der Waals surface area contributed by atoms with Gasteiger partial charge in [-0.3, -0.25) is 4.79 Å². The monoisotopic (exact) mass is 341 g/mol. The van der Waals surface area contributed by atoms with Crippen LogP contribution in [0, 0.1) is 0 Å². The molecule has 5 nitrogen and oxygen atoms in total. The average Bonchev–Trinajstić information content (AvgIpc) is 3.22. The summed E-state index contributed by atoms with van der Waals surface area (Å²) < 4.78 is 7.46. The molecule has 1 unspecified atom stereocenters. The zero-order valence-corrected chi connectivity index (χ0v) is 14.5. The van der Waals surface area contributed by atoms with Crippen molar-refractivity contribution in [1.82, 2.24) is 14.8 Å². The van der Waals surface area contributed by atoms with Gasteiger partial charge in [-0.05, 0) is 23.6 Å². The third-order valence-corrected chi connectivity index (χ3v) is 4.67. The number of carbonyl (C=O) groups excluding carboxylic acids is 1. The first-order chi connectivity index (χ1) is 11.6. The van der Waals surface area contributed by atoms with Crippen LogP contribution in [0.3, 0.4) is 0 Å². The van der Waals surface area contributed by atoms with Crippen molar-refractivity contribution in [3.8, 4) is 0 Å². The molecule has 0 bridgehead atoms. The summed E-state index contributed by atoms with van der Waals surface area (Å²) in [4.78, 5) is 12.1. The number of Topliss-reactive ketones (excluding diaryl/α,β-unsaturated/α-hetero) is 1. The van der Waals surface area contributed by atoms with Gasteiger partial charge in [0.1, 0.15) is 0 Å². The predicted molar refractivity (Wildman–Crippen MR) is 93.3 cm³/mol. The smallest absolute Gasteiger partial charge is 0.277 e. The van der Waals surface area contributed by atoms with Crippen LogP contribution in [0.1, 0.15) is 34.8 Å². The summed E-state index contributed by atoms with van der Waals surface area (Å²) in [7, 11) is 1.85. The highest BCUT2D eigenvalue weighted by atomic mass is 32.2. The molecular weight excluding hydrogens is 322 g/mol. The number of carbonyl (C=O) groups is 1. The van der Waals surface area contributed by atoms with Crippen molar-refractivity contribution in [2.24, 2.45) is 7.05 Å². The van der Waals surface area contributed by atoms with Gasteiger partial charge in [0.15, 0.2) is 5.78 Å². The van der Waals surface area contributed by atoms with Crippen molar-refractivity contribution < 1.29 is 9.21 Å². The summed E-state index contributed by atoms with van der Waals surface area (Å²) in [6.45, 7) is 2.13. The van der Waals surface area contributed by atoms with Crippen LogP contribution in [-0.4, -0.2) is 26.3 Å². The molecule has 0 saturated heterocycles. The maximum atomic E-state index is 12.1. The van der Waals surface area contributed by atoms with Crippen molar-refractivity contribution in [1.29, 1.82) is 0 Å². The van der Waals surface area contributed by atoms with Gasteiger partial charge < -0.3 is 8.98 Å². The Morgan fingerprint density at radius 1 is 1.21 bits per heavy atom. The summed E-state index contributed by atoms with van der Waals surface area (Å²) in [6, 6.07) is 13.9. The number of nitrogens with zero attached hydrogens (tertiary/aromatic N) is 3. The Labute approximate surface area is 145 Å². The third-order valence-electron chi connectivity index (χ3n) is 3.85. The maximum absolute atomic E-state index is 12.1. The largest absolute Gasteiger partial charge is 0.416 e. The van der Waals surface area contributed by atoms with Crippen LogP contribution >= 0.6 is 11.8 Å². The minimum Gasteiger partial charge on any atom is -0.416 e. The fraction of sp³-hybridized carbons (Fsp3) is 0.278. The van der Waals surface area contributed by atoms with E-state index >= 15 is 0 Å². The number of hydrogen-bond acceptors (Lipinski definition) is 5. The van der Waals surface area contributed by atoms with Crippen LogP contribution in [-0.2, 0) is 13.5 Å². The van der Waals surface area contributed by atoms with Crippen LogP contribution in [0.4, 0.5) is 0 Å². The van der Waals surface area contributed by atoms with E-state index < -0.39 is 0 Å². The summed E-state index contributed by atoms with van der Waals surface area (Å²) in [6.07, 6.45) is 2.54. The van der Waals surface area contributed by atoms with Gasteiger partial charge in [-0.2, -0.15) is 0 Å². The molecule has 1 atom stereocenters. The number of aryl methyl sites for hydroxylation is 1. The van der Waals surface area contributed by atoms with E-state index in [1.54, 1.807) is 0 Å². The second kappa shape index (κ2) is 7.49. The molecule has 0 aliphatic heterocycles. The zero-order chi connectivity index (χ0) is 16.9. The maximum Gasteiger partial charge on any atom is 0.277 e. The number of rotatable bonds is 7. The first-order valence-electron chi connectivity index (χ1n) is 7.78. The number of hydrogen-bond donors (Lipinski definition) is 0. The van der Waals surface area contributed by atoms with E-state index in [0.717, 1.165) is 0 Å². The Morgan fingerprint density at radius 3 is 2.71 bits per heavy atom. The van der Waals surface area contributed by atoms with Gasteiger partial charge in [-0.1, -0.05) is 49.0 Å². The first-order valence-corrected chi connectivity index (χ1v) is 8.76. The Bertz CT molecular complexity index is 811. The van der Waals surface area contributed by atoms with Crippen LogP contribution in [0.15, 0.2) is 58.3 Å². The van der Waals surface area contributed by atoms with Crippen molar-refractivity contribution in [3.63, 3.8) is 0 Å². The van der Waals surface area contributed by atoms with Crippen molar-refractivity contribution >= 4 is 17.5 Å². The average molecular weight is 341 g/mol. The van der Waals surface area contributed by atoms with Gasteiger partial charge in [0.2, 0.25) is 5.89 Å². The molecule has 0 spiro atoms. The molecule has 0 fully saturated rings. The predicted octanol–water partition coefficient (Wildman–Crippen LogP) is 3.73. The zero-order valence-electron chi connectivity index (χ0n) is 13.7. The molecule has 0 saturated carbocycles. The van der Waals surface area contributed by atoms with E-state index in [1.807, 2.05) is 48.1 Å². The van der Waals surface area contributed by atoms with Crippen LogP contribution < -0.4 is 0 Å². The molecule has 124 valence electrons. The molecule has 0 amide bonds. The lowest BCUT2D eigenvalue weighted by molar-refractivity contribution is 0.101. The Kier molecular flexibility index (Phi) is 5.15. The van der Waals surface area contributed by atoms with Crippen molar-refractivity contribution in [2.45, 2.75) is 24.5 Å². The summed E-state index contributed by atoms with van der Waals surface area (Å²) in [5.74, 6) is 1.23. The molecule has 1 aromatic carbocycles. The third kappa shape index (κ3) is 3.94. The number of aromatic nitrogens is 3. The Hall–Kier alpha value is -2.34. The van der Waals surface area contributed by atoms with E-state index in [2.05, 4.69) is 29.3 Å². The molecule has 0 radical (unpaired) electrons. The first kappa shape index (κ1) is 16.5. The van der Waals surface area contributed by atoms with Gasteiger partial charge in [-0.15, -0.1) is 10.2 Å². The fourth-order valence-electron chi connectivity index (χ4n) is 2.49. The van der Waals surface area contributed by atoms with Gasteiger partial charge in [0.05, 0.1) is 11.4 Å². The molecule has 6 heteroatoms. The molecular formula is C18H19N3O2S. The molecule has 2 aromatic heterocycles. The normalized spacial score (nSPS) is 12.2. The summed E-state index contributed by atoms with van der Waals surface area (Å²) >= 11 is 1.28. The standard InChI is InChI=1S/C18H19N3O2S/c1-13(14-7-4-3-5-8-14)11-17-19-20-18(23-17)24-12-16(22)15-9-6-10-21(15)2/h3-10,13H,11-12H2,1-2H3. The number of benzene rings is 1. The van der Waals surface area contributed by atoms with Crippen LogP contribution in [0.5, 0.6) is 0 Å². The highest BCUT2D eigenvalue weighted by Crippen LogP contribution is 2.22. The van der Waals surface area contributed by atoms with E-state index in [-0.39, 0.29) is 11.5 Å². The van der Waals surface area contributed by atoms with Crippen molar-refractivity contribution in [2.75, 3.05) is 5.75 Å². The lowest BCUT2D eigenvalue weighted by Gasteiger charge is -2.08. The summed E-state index contributed by atoms with van der Waals surface area (Å²) in [5, 5.41) is 8.55. The second-order valence-electron chi connectivity index (χ2n) is 5.69. The highest BCUT2D eigenvalue weighted by molar-refractivity contribution is 7.99. The summed E-state index contributed by atoms with van der Waals surface area (Å²) in [5.41, 5.74) is 1.92. The van der Waals surface area contributed by atoms with Gasteiger partial charge in [-0.25, -0.2) is 0 Å². The fourth-order valence-corrected chi connectivity index (χ4v) is 3.15. The lowest BCUT2D eigenvalue weighted by atomic mass is 9.98. The van der Waals surface area contributed by atoms with Gasteiger partial charge in [0.25, 0.3) is 5.22 Å². The van der Waals surface area contributed by atoms with Crippen molar-refractivity contribution in [3.05, 3.63) is 65.8 Å². The number of ketones is 1. The molecule has 0 aliphatic rings. The molecule has 0 aliphatic carbocycles. The van der Waals surface area contributed by atoms with Gasteiger partial charge in [0, 0.05) is 19.7 Å². The van der Waals surface area contributed by atoms with Crippen LogP contribution in [0.25, 0.3) is 0 Å². The van der Waals surface area contributed by atoms with Gasteiger partial charge >= 0.3 is 0 Å². The second-order valence-corrected chi connectivity index (χ2v) is 6.62. The topological polar surface area (TPSA) is 60.9 Å². The SMILES string of the molecule is CC(Cc1nnc(SCC(=O)c2cccn2C)o1)c1ccccc1. The molecule has 0 N–H and O–H groups in total. The van der Waals surface area contributed by atoms with E-state index in [4.69, 9.17) is 4.42 Å². The number of thioether (sulfide) groups is 1. The Balaban J connectivity index is 1.56. The lowest BCUT2D eigenvalue weighted by Crippen LogP contribution is -2.07. The van der Waals surface area contributed by atoms with Crippen LogP contribution in [0.2, 0.25) is 0 Å². The molecule has 3 rings (SSSR count). The quantitative estimate of drug-likeness (QED) is 0.484. The highest BCUT2D eigenvalue weighted by Gasteiger charge is 2.15. The molecule has 3 aromatic rings. The van der Waals surface area contributed by atoms with E-state index in [0.29, 0.717) is 29.1 Å². The minimum atomic E-state index is 0.0462. The minimum absolute atomic E-state index is 0.0462. The molecule has 24 heavy (non-hydrogen) atoms. The Morgan fingerprint density at radius 2 is 2.00 bits per heavy atom. The molecule has 2 heterocycles. The van der Waals surface area contributed by atoms with E-state index in [9.17, 15) is 4.79 Å².